The van der Waals surface area contributed by atoms with Gasteiger partial charge in [0.15, 0.2) is 5.76 Å². The first-order valence-corrected chi connectivity index (χ1v) is 7.00. The monoisotopic (exact) mass is 371 g/mol. The van der Waals surface area contributed by atoms with Crippen molar-refractivity contribution in [2.45, 2.75) is 13.5 Å². The number of ether oxygens (including phenoxy) is 1. The molecule has 5 heteroatoms. The topological polar surface area (TPSA) is 51.5 Å². The van der Waals surface area contributed by atoms with Gasteiger partial charge < -0.3 is 14.5 Å². The molecule has 0 fully saturated rings. The third-order valence-corrected chi connectivity index (χ3v) is 3.16. The highest BCUT2D eigenvalue weighted by Gasteiger charge is 2.11. The normalized spacial score (nSPS) is 10.4. The van der Waals surface area contributed by atoms with Gasteiger partial charge in [0, 0.05) is 15.9 Å². The lowest BCUT2D eigenvalue weighted by atomic mass is 10.3. The van der Waals surface area contributed by atoms with E-state index >= 15 is 0 Å². The highest BCUT2D eigenvalue weighted by Crippen LogP contribution is 2.14. The predicted molar refractivity (Wildman–Crippen MR) is 81.2 cm³/mol. The van der Waals surface area contributed by atoms with E-state index in [4.69, 9.17) is 9.15 Å². The van der Waals surface area contributed by atoms with E-state index in [1.54, 1.807) is 12.1 Å². The number of hydrogen-bond donors (Lipinski definition) is 1. The Labute approximate surface area is 125 Å². The molecule has 100 valence electrons. The molecule has 2 aromatic rings. The minimum absolute atomic E-state index is 0.260. The average Bonchev–Trinajstić information content (AvgIpc) is 2.88. The Morgan fingerprint density at radius 2 is 2.00 bits per heavy atom. The number of hydrogen-bond acceptors (Lipinski definition) is 3. The maximum absolute atomic E-state index is 11.9. The molecule has 0 aliphatic heterocycles. The van der Waals surface area contributed by atoms with Gasteiger partial charge in [0.2, 0.25) is 0 Å². The van der Waals surface area contributed by atoms with Gasteiger partial charge in [-0.3, -0.25) is 4.79 Å². The van der Waals surface area contributed by atoms with Gasteiger partial charge in [-0.1, -0.05) is 0 Å². The summed E-state index contributed by atoms with van der Waals surface area (Å²) in [6.07, 6.45) is 0. The van der Waals surface area contributed by atoms with Crippen LogP contribution in [0.1, 0.15) is 23.2 Å². The Bertz CT molecular complexity index is 548. The molecular weight excluding hydrogens is 357 g/mol. The fourth-order valence-electron chi connectivity index (χ4n) is 1.51. The highest BCUT2D eigenvalue weighted by molar-refractivity contribution is 14.1. The number of benzene rings is 1. The summed E-state index contributed by atoms with van der Waals surface area (Å²) in [5.74, 6) is 0.673. The highest BCUT2D eigenvalue weighted by atomic mass is 127. The van der Waals surface area contributed by atoms with Gasteiger partial charge in [-0.25, -0.2) is 0 Å². The number of rotatable bonds is 5. The SMILES string of the molecule is CCOCc1ccc(C(=O)Nc2ccc(I)cc2)o1. The fourth-order valence-corrected chi connectivity index (χ4v) is 1.87. The van der Waals surface area contributed by atoms with Crippen LogP contribution in [0, 0.1) is 3.57 Å². The molecule has 1 N–H and O–H groups in total. The minimum Gasteiger partial charge on any atom is -0.453 e. The first kappa shape index (κ1) is 14.1. The van der Waals surface area contributed by atoms with Crippen LogP contribution >= 0.6 is 22.6 Å². The third kappa shape index (κ3) is 4.07. The molecule has 0 unspecified atom stereocenters. The lowest BCUT2D eigenvalue weighted by Gasteiger charge is -2.03. The quantitative estimate of drug-likeness (QED) is 0.816. The number of carbonyl (C=O) groups excluding carboxylic acids is 1. The van der Waals surface area contributed by atoms with E-state index in [2.05, 4.69) is 27.9 Å². The molecule has 19 heavy (non-hydrogen) atoms. The van der Waals surface area contributed by atoms with Crippen molar-refractivity contribution >= 4 is 34.2 Å². The van der Waals surface area contributed by atoms with Gasteiger partial charge in [0.05, 0.1) is 0 Å². The Morgan fingerprint density at radius 1 is 1.26 bits per heavy atom. The van der Waals surface area contributed by atoms with Crippen LogP contribution in [0.15, 0.2) is 40.8 Å². The minimum atomic E-state index is -0.260. The summed E-state index contributed by atoms with van der Waals surface area (Å²) in [5, 5.41) is 2.78. The zero-order valence-corrected chi connectivity index (χ0v) is 12.6. The molecule has 4 nitrogen and oxygen atoms in total. The van der Waals surface area contributed by atoms with Gasteiger partial charge in [-0.2, -0.15) is 0 Å². The van der Waals surface area contributed by atoms with Crippen molar-refractivity contribution in [1.29, 1.82) is 0 Å². The zero-order chi connectivity index (χ0) is 13.7. The number of nitrogens with one attached hydrogen (secondary N) is 1. The van der Waals surface area contributed by atoms with Crippen LogP contribution in [0.3, 0.4) is 0 Å². The second-order valence-electron chi connectivity index (χ2n) is 3.86. The Morgan fingerprint density at radius 3 is 2.68 bits per heavy atom. The van der Waals surface area contributed by atoms with Crippen molar-refractivity contribution in [1.82, 2.24) is 0 Å². The zero-order valence-electron chi connectivity index (χ0n) is 10.5. The molecule has 0 bridgehead atoms. The van der Waals surface area contributed by atoms with E-state index in [0.29, 0.717) is 19.0 Å². The molecule has 0 saturated heterocycles. The molecular formula is C14H14INO3. The van der Waals surface area contributed by atoms with Gasteiger partial charge >= 0.3 is 0 Å². The molecule has 1 aromatic carbocycles. The van der Waals surface area contributed by atoms with Gasteiger partial charge in [0.25, 0.3) is 5.91 Å². The van der Waals surface area contributed by atoms with E-state index in [9.17, 15) is 4.79 Å². The summed E-state index contributed by atoms with van der Waals surface area (Å²) in [6, 6.07) is 11.0. The molecule has 0 spiro atoms. The van der Waals surface area contributed by atoms with E-state index in [-0.39, 0.29) is 11.7 Å². The van der Waals surface area contributed by atoms with Crippen LogP contribution in [0.4, 0.5) is 5.69 Å². The smallest absolute Gasteiger partial charge is 0.291 e. The summed E-state index contributed by atoms with van der Waals surface area (Å²) in [7, 11) is 0. The molecule has 2 rings (SSSR count). The van der Waals surface area contributed by atoms with Crippen LogP contribution in [-0.4, -0.2) is 12.5 Å². The number of amides is 1. The molecule has 0 saturated carbocycles. The largest absolute Gasteiger partial charge is 0.453 e. The summed E-state index contributed by atoms with van der Waals surface area (Å²) < 4.78 is 11.7. The third-order valence-electron chi connectivity index (χ3n) is 2.44. The van der Waals surface area contributed by atoms with Crippen LogP contribution < -0.4 is 5.32 Å². The Balaban J connectivity index is 1.99. The summed E-state index contributed by atoms with van der Waals surface area (Å²) in [4.78, 5) is 11.9. The van der Waals surface area contributed by atoms with Gasteiger partial charge in [0.1, 0.15) is 12.4 Å². The van der Waals surface area contributed by atoms with Crippen LogP contribution in [0.25, 0.3) is 0 Å². The van der Waals surface area contributed by atoms with Crippen molar-refractivity contribution < 1.29 is 13.9 Å². The van der Waals surface area contributed by atoms with Crippen molar-refractivity contribution in [3.05, 3.63) is 51.5 Å². The van der Waals surface area contributed by atoms with E-state index in [0.717, 1.165) is 9.26 Å². The van der Waals surface area contributed by atoms with E-state index in [1.807, 2.05) is 31.2 Å². The second-order valence-corrected chi connectivity index (χ2v) is 5.11. The predicted octanol–water partition coefficient (Wildman–Crippen LogP) is 3.67. The lowest BCUT2D eigenvalue weighted by molar-refractivity contribution is 0.0972. The standard InChI is InChI=1S/C14H14INO3/c1-2-18-9-12-7-8-13(19-12)14(17)16-11-5-3-10(15)4-6-11/h3-8H,2,9H2,1H3,(H,16,17). The maximum Gasteiger partial charge on any atom is 0.291 e. The summed E-state index contributed by atoms with van der Waals surface area (Å²) in [5.41, 5.74) is 0.744. The van der Waals surface area contributed by atoms with Crippen LogP contribution in [-0.2, 0) is 11.3 Å². The Kier molecular flexibility index (Phi) is 4.98. The van der Waals surface area contributed by atoms with Crippen molar-refractivity contribution in [3.63, 3.8) is 0 Å². The molecule has 0 aliphatic rings. The van der Waals surface area contributed by atoms with Gasteiger partial charge in [-0.15, -0.1) is 0 Å². The van der Waals surface area contributed by atoms with Crippen molar-refractivity contribution in [3.8, 4) is 0 Å². The molecule has 1 aromatic heterocycles. The number of carbonyl (C=O) groups is 1. The van der Waals surface area contributed by atoms with Crippen molar-refractivity contribution in [2.75, 3.05) is 11.9 Å². The van der Waals surface area contributed by atoms with Crippen LogP contribution in [0.2, 0.25) is 0 Å². The number of furan rings is 1. The molecule has 0 radical (unpaired) electrons. The molecule has 1 amide bonds. The average molecular weight is 371 g/mol. The fraction of sp³-hybridized carbons (Fsp3) is 0.214. The number of halogens is 1. The number of anilines is 1. The second kappa shape index (κ2) is 6.72. The Hall–Kier alpha value is -1.34. The first-order chi connectivity index (χ1) is 9.19. The molecule has 0 aliphatic carbocycles. The van der Waals surface area contributed by atoms with E-state index < -0.39 is 0 Å². The molecule has 0 atom stereocenters. The lowest BCUT2D eigenvalue weighted by Crippen LogP contribution is -2.10. The van der Waals surface area contributed by atoms with E-state index in [1.165, 1.54) is 0 Å². The van der Waals surface area contributed by atoms with Crippen LogP contribution in [0.5, 0.6) is 0 Å². The summed E-state index contributed by atoms with van der Waals surface area (Å²) in [6.45, 7) is 2.91. The summed E-state index contributed by atoms with van der Waals surface area (Å²) >= 11 is 2.21. The van der Waals surface area contributed by atoms with Crippen molar-refractivity contribution in [2.24, 2.45) is 0 Å². The van der Waals surface area contributed by atoms with Gasteiger partial charge in [-0.05, 0) is 65.9 Å². The molecule has 1 heterocycles. The maximum atomic E-state index is 11.9. The first-order valence-electron chi connectivity index (χ1n) is 5.92.